The maximum Gasteiger partial charge on any atom is 0.250 e. The number of amides is 1. The molecule has 4 aromatic rings. The first-order valence-electron chi connectivity index (χ1n) is 11.8. The Morgan fingerprint density at radius 2 is 1.73 bits per heavy atom. The van der Waals surface area contributed by atoms with Crippen molar-refractivity contribution in [1.29, 1.82) is 0 Å². The SMILES string of the molecule is COc1ccccc1/C=C/C(=O)Nc1nc2n(n1)[C@H](c1ccccc1OC)C[C@H](c1ccc(Cl)cc1)N2. The third kappa shape index (κ3) is 5.29. The van der Waals surface area contributed by atoms with E-state index in [1.54, 1.807) is 25.0 Å². The van der Waals surface area contributed by atoms with Crippen molar-refractivity contribution in [3.8, 4) is 11.5 Å². The number of fused-ring (bicyclic) bond motifs is 1. The van der Waals surface area contributed by atoms with Crippen LogP contribution < -0.4 is 20.1 Å². The monoisotopic (exact) mass is 515 g/mol. The number of nitrogens with zero attached hydrogens (tertiary/aromatic N) is 3. The highest BCUT2D eigenvalue weighted by Crippen LogP contribution is 2.41. The Morgan fingerprint density at radius 3 is 2.49 bits per heavy atom. The summed E-state index contributed by atoms with van der Waals surface area (Å²) in [6.07, 6.45) is 3.82. The Balaban J connectivity index is 1.44. The molecule has 8 nitrogen and oxygen atoms in total. The molecule has 9 heteroatoms. The van der Waals surface area contributed by atoms with Gasteiger partial charge in [-0.25, -0.2) is 4.68 Å². The van der Waals surface area contributed by atoms with Crippen LogP contribution in [0.25, 0.3) is 6.08 Å². The summed E-state index contributed by atoms with van der Waals surface area (Å²) >= 11 is 6.11. The van der Waals surface area contributed by atoms with E-state index in [0.717, 1.165) is 22.4 Å². The lowest BCUT2D eigenvalue weighted by Crippen LogP contribution is -2.28. The molecular weight excluding hydrogens is 490 g/mol. The smallest absolute Gasteiger partial charge is 0.250 e. The summed E-state index contributed by atoms with van der Waals surface area (Å²) in [7, 11) is 3.24. The van der Waals surface area contributed by atoms with Crippen LogP contribution in [0.2, 0.25) is 5.02 Å². The third-order valence-electron chi connectivity index (χ3n) is 6.25. The number of methoxy groups -OCH3 is 2. The van der Waals surface area contributed by atoms with Crippen molar-refractivity contribution >= 4 is 35.5 Å². The number of anilines is 2. The fraction of sp³-hybridized carbons (Fsp3) is 0.179. The molecule has 37 heavy (non-hydrogen) atoms. The molecule has 0 saturated carbocycles. The zero-order valence-corrected chi connectivity index (χ0v) is 21.1. The van der Waals surface area contributed by atoms with E-state index in [1.807, 2.05) is 72.8 Å². The molecule has 0 spiro atoms. The van der Waals surface area contributed by atoms with Crippen LogP contribution in [0.15, 0.2) is 78.9 Å². The standard InChI is InChI=1S/C28H26ClN5O3/c1-36-24-9-5-3-7-19(24)13-16-26(35)31-27-32-28-30-22(18-11-14-20(29)15-12-18)17-23(34(28)33-27)21-8-4-6-10-25(21)37-2/h3-16,22-23H,17H2,1-2H3,(H2,30,31,32,33,35)/b16-13+/t22-,23+/m1/s1. The fourth-order valence-electron chi connectivity index (χ4n) is 4.47. The second-order valence-electron chi connectivity index (χ2n) is 8.51. The average Bonchev–Trinajstić information content (AvgIpc) is 3.34. The quantitative estimate of drug-likeness (QED) is 0.305. The van der Waals surface area contributed by atoms with Crippen molar-refractivity contribution in [2.45, 2.75) is 18.5 Å². The summed E-state index contributed by atoms with van der Waals surface area (Å²) < 4.78 is 12.8. The van der Waals surface area contributed by atoms with Gasteiger partial charge in [-0.2, -0.15) is 4.98 Å². The summed E-state index contributed by atoms with van der Waals surface area (Å²) in [5.41, 5.74) is 2.84. The number of rotatable bonds is 7. The second kappa shape index (κ2) is 10.8. The Morgan fingerprint density at radius 1 is 1.03 bits per heavy atom. The van der Waals surface area contributed by atoms with Crippen LogP contribution in [0, 0.1) is 0 Å². The van der Waals surface area contributed by atoms with E-state index in [1.165, 1.54) is 6.08 Å². The molecule has 2 atom stereocenters. The number of carbonyl (C=O) groups excluding carboxylic acids is 1. The van der Waals surface area contributed by atoms with E-state index >= 15 is 0 Å². The molecule has 5 rings (SSSR count). The number of hydrogen-bond donors (Lipinski definition) is 2. The Labute approximate surface area is 219 Å². The number of para-hydroxylation sites is 2. The number of halogens is 1. The van der Waals surface area contributed by atoms with Crippen LogP contribution in [-0.2, 0) is 4.79 Å². The predicted molar refractivity (Wildman–Crippen MR) is 144 cm³/mol. The van der Waals surface area contributed by atoms with Gasteiger partial charge in [-0.05, 0) is 42.3 Å². The summed E-state index contributed by atoms with van der Waals surface area (Å²) in [5, 5.41) is 11.5. The maximum absolute atomic E-state index is 12.7. The zero-order valence-electron chi connectivity index (χ0n) is 20.4. The molecule has 2 heterocycles. The normalized spacial score (nSPS) is 16.6. The molecular formula is C28H26ClN5O3. The van der Waals surface area contributed by atoms with Crippen LogP contribution in [0.5, 0.6) is 11.5 Å². The van der Waals surface area contributed by atoms with Crippen LogP contribution in [0.4, 0.5) is 11.9 Å². The zero-order chi connectivity index (χ0) is 25.8. The van der Waals surface area contributed by atoms with E-state index in [9.17, 15) is 4.79 Å². The maximum atomic E-state index is 12.7. The lowest BCUT2D eigenvalue weighted by molar-refractivity contribution is -0.111. The molecule has 0 unspecified atom stereocenters. The molecule has 0 saturated heterocycles. The molecule has 1 aliphatic heterocycles. The first-order chi connectivity index (χ1) is 18.1. The number of aromatic nitrogens is 3. The number of nitrogens with one attached hydrogen (secondary N) is 2. The minimum Gasteiger partial charge on any atom is -0.496 e. The fourth-order valence-corrected chi connectivity index (χ4v) is 4.59. The van der Waals surface area contributed by atoms with Gasteiger partial charge in [0.15, 0.2) is 0 Å². The molecule has 1 aromatic heterocycles. The molecule has 2 N–H and O–H groups in total. The van der Waals surface area contributed by atoms with E-state index in [2.05, 4.69) is 20.7 Å². The van der Waals surface area contributed by atoms with E-state index < -0.39 is 0 Å². The molecule has 1 amide bonds. The summed E-state index contributed by atoms with van der Waals surface area (Å²) in [6.45, 7) is 0. The molecule has 0 radical (unpaired) electrons. The highest BCUT2D eigenvalue weighted by Gasteiger charge is 2.32. The molecule has 0 fully saturated rings. The van der Waals surface area contributed by atoms with Crippen LogP contribution in [0.3, 0.4) is 0 Å². The average molecular weight is 516 g/mol. The van der Waals surface area contributed by atoms with Crippen molar-refractivity contribution in [3.05, 3.63) is 101 Å². The molecule has 3 aromatic carbocycles. The number of hydrogen-bond acceptors (Lipinski definition) is 6. The van der Waals surface area contributed by atoms with Gasteiger partial charge in [-0.3, -0.25) is 10.1 Å². The summed E-state index contributed by atoms with van der Waals surface area (Å²) in [6, 6.07) is 22.8. The van der Waals surface area contributed by atoms with Gasteiger partial charge in [-0.15, -0.1) is 5.10 Å². The van der Waals surface area contributed by atoms with Gasteiger partial charge in [0.25, 0.3) is 11.9 Å². The van der Waals surface area contributed by atoms with Crippen LogP contribution in [-0.4, -0.2) is 34.9 Å². The van der Waals surface area contributed by atoms with Gasteiger partial charge in [0.2, 0.25) is 5.95 Å². The van der Waals surface area contributed by atoms with Gasteiger partial charge in [0.05, 0.1) is 26.3 Å². The Kier molecular flexibility index (Phi) is 7.09. The van der Waals surface area contributed by atoms with E-state index in [4.69, 9.17) is 21.1 Å². The summed E-state index contributed by atoms with van der Waals surface area (Å²) in [5.74, 6) is 1.84. The van der Waals surface area contributed by atoms with Gasteiger partial charge in [0, 0.05) is 22.2 Å². The van der Waals surface area contributed by atoms with E-state index in [0.29, 0.717) is 23.1 Å². The highest BCUT2D eigenvalue weighted by atomic mass is 35.5. The Bertz CT molecular complexity index is 1430. The van der Waals surface area contributed by atoms with E-state index in [-0.39, 0.29) is 23.9 Å². The minimum absolute atomic E-state index is 0.0436. The van der Waals surface area contributed by atoms with Crippen LogP contribution >= 0.6 is 11.6 Å². The Hall–Kier alpha value is -4.30. The van der Waals surface area contributed by atoms with Crippen LogP contribution in [0.1, 0.15) is 35.2 Å². The molecule has 0 bridgehead atoms. The topological polar surface area (TPSA) is 90.3 Å². The predicted octanol–water partition coefficient (Wildman–Crippen LogP) is 5.75. The molecule has 1 aliphatic rings. The molecule has 188 valence electrons. The largest absolute Gasteiger partial charge is 0.496 e. The van der Waals surface area contributed by atoms with Gasteiger partial charge in [-0.1, -0.05) is 60.1 Å². The lowest BCUT2D eigenvalue weighted by Gasteiger charge is -2.32. The van der Waals surface area contributed by atoms with Gasteiger partial charge >= 0.3 is 0 Å². The lowest BCUT2D eigenvalue weighted by atomic mass is 9.93. The number of benzene rings is 3. The second-order valence-corrected chi connectivity index (χ2v) is 8.95. The van der Waals surface area contributed by atoms with Crippen molar-refractivity contribution in [1.82, 2.24) is 14.8 Å². The van der Waals surface area contributed by atoms with Gasteiger partial charge < -0.3 is 14.8 Å². The van der Waals surface area contributed by atoms with Crippen molar-refractivity contribution in [2.75, 3.05) is 24.9 Å². The van der Waals surface area contributed by atoms with Crippen molar-refractivity contribution in [2.24, 2.45) is 0 Å². The third-order valence-corrected chi connectivity index (χ3v) is 6.50. The first-order valence-corrected chi connectivity index (χ1v) is 12.2. The first kappa shape index (κ1) is 24.4. The number of carbonyl (C=O) groups is 1. The number of ether oxygens (including phenoxy) is 2. The minimum atomic E-state index is -0.350. The highest BCUT2D eigenvalue weighted by molar-refractivity contribution is 6.30. The molecule has 0 aliphatic carbocycles. The van der Waals surface area contributed by atoms with Crippen molar-refractivity contribution in [3.63, 3.8) is 0 Å². The van der Waals surface area contributed by atoms with Gasteiger partial charge in [0.1, 0.15) is 11.5 Å². The van der Waals surface area contributed by atoms with Crippen molar-refractivity contribution < 1.29 is 14.3 Å². The summed E-state index contributed by atoms with van der Waals surface area (Å²) in [4.78, 5) is 17.3.